The number of furan rings is 1. The zero-order valence-corrected chi connectivity index (χ0v) is 32.9. The van der Waals surface area contributed by atoms with E-state index in [1.54, 1.807) is 0 Å². The zero-order valence-electron chi connectivity index (χ0n) is 32.9. The van der Waals surface area contributed by atoms with E-state index in [9.17, 15) is 0 Å². The third kappa shape index (κ3) is 5.16. The number of nitrogens with zero attached hydrogens (tertiary/aromatic N) is 3. The van der Waals surface area contributed by atoms with Crippen molar-refractivity contribution < 1.29 is 4.42 Å². The summed E-state index contributed by atoms with van der Waals surface area (Å²) in [5.41, 5.74) is 17.8. The minimum Gasteiger partial charge on any atom is -0.454 e. The Kier molecular flexibility index (Phi) is 7.37. The van der Waals surface area contributed by atoms with Crippen molar-refractivity contribution in [1.82, 2.24) is 14.5 Å². The Morgan fingerprint density at radius 1 is 0.525 bits per heavy atom. The fraction of sp³-hybridized carbons (Fsp3) is 0.0909. The van der Waals surface area contributed by atoms with Gasteiger partial charge in [0.05, 0.1) is 28.1 Å². The first kappa shape index (κ1) is 33.8. The van der Waals surface area contributed by atoms with Gasteiger partial charge in [-0.25, -0.2) is 9.97 Å². The van der Waals surface area contributed by atoms with Crippen molar-refractivity contribution in [3.8, 4) is 50.7 Å². The predicted molar refractivity (Wildman–Crippen MR) is 242 cm³/mol. The number of benzene rings is 7. The highest BCUT2D eigenvalue weighted by Gasteiger charge is 2.36. The molecule has 0 radical (unpaired) electrons. The lowest BCUT2D eigenvalue weighted by Gasteiger charge is -2.21. The summed E-state index contributed by atoms with van der Waals surface area (Å²) in [4.78, 5) is 10.3. The maximum absolute atomic E-state index is 7.17. The standard InChI is InChI=1S/C55H39N3O/c1-55(2)45-27-11-9-22-39(45)43-31-44-40-23-10-12-28-49(40)58(51(44)32-46(43)55)50-29-15-26-42-41-25-14-24-38(52(41)59-53(42)50)36-20-13-21-37(30-36)54-56-47(34-16-5-3-6-17-34)33-48(57-54)35-18-7-4-8-19-35/h3-13,15-23,25-33H,14,24H2,1-2H3. The zero-order chi connectivity index (χ0) is 39.2. The predicted octanol–water partition coefficient (Wildman–Crippen LogP) is 12.4. The van der Waals surface area contributed by atoms with Crippen LogP contribution in [0.4, 0.5) is 0 Å². The molecule has 0 saturated heterocycles. The van der Waals surface area contributed by atoms with Gasteiger partial charge in [-0.15, -0.1) is 0 Å². The monoisotopic (exact) mass is 757 g/mol. The lowest BCUT2D eigenvalue weighted by Crippen LogP contribution is -2.26. The molecule has 12 rings (SSSR count). The third-order valence-electron chi connectivity index (χ3n) is 12.7. The lowest BCUT2D eigenvalue weighted by molar-refractivity contribution is 0.567. The second kappa shape index (κ2) is 12.9. The fourth-order valence-corrected chi connectivity index (χ4v) is 9.83. The molecule has 10 aromatic rings. The molecule has 4 heteroatoms. The van der Waals surface area contributed by atoms with Crippen molar-refractivity contribution in [2.45, 2.75) is 32.1 Å². The molecular weight excluding hydrogens is 719 g/mol. The first-order chi connectivity index (χ1) is 29.0. The Labute approximate surface area is 342 Å². The first-order valence-electron chi connectivity index (χ1n) is 20.5. The average molecular weight is 758 g/mol. The van der Waals surface area contributed by atoms with Gasteiger partial charge in [-0.3, -0.25) is 0 Å². The minimum atomic E-state index is -0.110. The van der Waals surface area contributed by atoms with E-state index >= 15 is 0 Å². The van der Waals surface area contributed by atoms with E-state index in [0.717, 1.165) is 68.6 Å². The van der Waals surface area contributed by atoms with Gasteiger partial charge >= 0.3 is 0 Å². The van der Waals surface area contributed by atoms with Gasteiger partial charge in [-0.05, 0) is 77.1 Å². The normalized spacial score (nSPS) is 14.0. The molecule has 2 aliphatic rings. The largest absolute Gasteiger partial charge is 0.454 e. The quantitative estimate of drug-likeness (QED) is 0.176. The number of fused-ring (bicyclic) bond motifs is 9. The van der Waals surface area contributed by atoms with Crippen molar-refractivity contribution >= 4 is 44.4 Å². The second-order valence-corrected chi connectivity index (χ2v) is 16.4. The summed E-state index contributed by atoms with van der Waals surface area (Å²) in [5, 5.41) is 4.80. The molecule has 280 valence electrons. The first-order valence-corrected chi connectivity index (χ1v) is 20.5. The minimum absolute atomic E-state index is 0.110. The number of hydrogen-bond donors (Lipinski definition) is 0. The molecule has 0 N–H and O–H groups in total. The number of hydrogen-bond acceptors (Lipinski definition) is 3. The Bertz CT molecular complexity index is 3400. The smallest absolute Gasteiger partial charge is 0.160 e. The summed E-state index contributed by atoms with van der Waals surface area (Å²) in [6, 6.07) is 60.7. The van der Waals surface area contributed by atoms with Gasteiger partial charge in [0.25, 0.3) is 0 Å². The van der Waals surface area contributed by atoms with Gasteiger partial charge in [0.15, 0.2) is 11.4 Å². The molecule has 0 amide bonds. The summed E-state index contributed by atoms with van der Waals surface area (Å²) in [6.45, 7) is 4.71. The van der Waals surface area contributed by atoms with Gasteiger partial charge in [-0.1, -0.05) is 153 Å². The van der Waals surface area contributed by atoms with E-state index in [0.29, 0.717) is 5.82 Å². The van der Waals surface area contributed by atoms with E-state index in [2.05, 4.69) is 182 Å². The van der Waals surface area contributed by atoms with Crippen LogP contribution < -0.4 is 10.6 Å². The SMILES string of the molecule is CC1(C)c2ccccc2-c2cc3c4ccccc4n(-c4cccc5c6c(oc45)=C(c4cccc(-c5nc(-c7ccccc7)cc(-c7ccccc7)n5)c4)CCC=6)c3cc21. The maximum atomic E-state index is 7.17. The van der Waals surface area contributed by atoms with E-state index in [4.69, 9.17) is 14.4 Å². The van der Waals surface area contributed by atoms with Crippen LogP contribution in [0.5, 0.6) is 0 Å². The number of rotatable bonds is 5. The van der Waals surface area contributed by atoms with Crippen molar-refractivity contribution in [1.29, 1.82) is 0 Å². The van der Waals surface area contributed by atoms with Crippen molar-refractivity contribution in [2.24, 2.45) is 0 Å². The summed E-state index contributed by atoms with van der Waals surface area (Å²) < 4.78 is 9.61. The number of para-hydroxylation sites is 2. The van der Waals surface area contributed by atoms with Crippen LogP contribution in [0.15, 0.2) is 174 Å². The molecule has 3 aromatic heterocycles. The van der Waals surface area contributed by atoms with Crippen LogP contribution in [-0.2, 0) is 5.41 Å². The van der Waals surface area contributed by atoms with Crippen LogP contribution in [0.3, 0.4) is 0 Å². The van der Waals surface area contributed by atoms with Gasteiger partial charge in [0.1, 0.15) is 5.42 Å². The Balaban J connectivity index is 1.05. The third-order valence-corrected chi connectivity index (χ3v) is 12.7. The molecule has 0 unspecified atom stereocenters. The highest BCUT2D eigenvalue weighted by atomic mass is 16.3. The topological polar surface area (TPSA) is 43.9 Å². The molecule has 2 aliphatic carbocycles. The van der Waals surface area contributed by atoms with Crippen LogP contribution in [0.2, 0.25) is 0 Å². The molecular formula is C55H39N3O. The molecule has 59 heavy (non-hydrogen) atoms. The highest BCUT2D eigenvalue weighted by Crippen LogP contribution is 2.51. The Morgan fingerprint density at radius 3 is 1.98 bits per heavy atom. The van der Waals surface area contributed by atoms with Crippen LogP contribution in [0, 0.1) is 0 Å². The van der Waals surface area contributed by atoms with Gasteiger partial charge < -0.3 is 8.98 Å². The van der Waals surface area contributed by atoms with Crippen LogP contribution in [-0.4, -0.2) is 14.5 Å². The molecule has 4 nitrogen and oxygen atoms in total. The molecule has 0 fully saturated rings. The summed E-state index contributed by atoms with van der Waals surface area (Å²) in [7, 11) is 0. The number of aromatic nitrogens is 3. The van der Waals surface area contributed by atoms with Crippen LogP contribution in [0.1, 0.15) is 43.4 Å². The second-order valence-electron chi connectivity index (χ2n) is 16.4. The molecule has 7 aromatic carbocycles. The maximum Gasteiger partial charge on any atom is 0.160 e. The average Bonchev–Trinajstić information content (AvgIpc) is 3.91. The molecule has 0 spiro atoms. The summed E-state index contributed by atoms with van der Waals surface area (Å²) >= 11 is 0. The molecule has 0 saturated carbocycles. The fourth-order valence-electron chi connectivity index (χ4n) is 9.83. The van der Waals surface area contributed by atoms with E-state index in [-0.39, 0.29) is 5.41 Å². The molecule has 3 heterocycles. The van der Waals surface area contributed by atoms with Crippen molar-refractivity contribution in [2.75, 3.05) is 0 Å². The Morgan fingerprint density at radius 2 is 1.19 bits per heavy atom. The summed E-state index contributed by atoms with van der Waals surface area (Å²) in [6.07, 6.45) is 4.17. The molecule has 0 atom stereocenters. The van der Waals surface area contributed by atoms with Crippen LogP contribution in [0.25, 0.3) is 95.1 Å². The molecule has 0 aliphatic heterocycles. The molecule has 0 bridgehead atoms. The lowest BCUT2D eigenvalue weighted by atomic mass is 9.82. The van der Waals surface area contributed by atoms with E-state index in [1.807, 2.05) is 12.1 Å². The van der Waals surface area contributed by atoms with Crippen molar-refractivity contribution in [3.05, 3.63) is 197 Å². The van der Waals surface area contributed by atoms with Gasteiger partial charge in [0.2, 0.25) is 0 Å². The van der Waals surface area contributed by atoms with E-state index in [1.165, 1.54) is 54.9 Å². The van der Waals surface area contributed by atoms with Gasteiger partial charge in [0, 0.05) is 49.1 Å². The highest BCUT2D eigenvalue weighted by molar-refractivity contribution is 6.12. The Hall–Kier alpha value is -7.30. The van der Waals surface area contributed by atoms with Crippen molar-refractivity contribution in [3.63, 3.8) is 0 Å². The van der Waals surface area contributed by atoms with E-state index < -0.39 is 0 Å². The van der Waals surface area contributed by atoms with Crippen LogP contribution >= 0.6 is 0 Å². The summed E-state index contributed by atoms with van der Waals surface area (Å²) in [5.74, 6) is 0.700. The van der Waals surface area contributed by atoms with Gasteiger partial charge in [-0.2, -0.15) is 0 Å².